The van der Waals surface area contributed by atoms with Gasteiger partial charge in [-0.15, -0.1) is 0 Å². The van der Waals surface area contributed by atoms with E-state index >= 15 is 0 Å². The van der Waals surface area contributed by atoms with Crippen LogP contribution >= 0.6 is 0 Å². The molecule has 0 atom stereocenters. The van der Waals surface area contributed by atoms with Crippen molar-refractivity contribution in [3.8, 4) is 0 Å². The molecule has 0 spiro atoms. The van der Waals surface area contributed by atoms with E-state index in [1.807, 2.05) is 12.3 Å². The molecule has 2 aromatic carbocycles. The molecule has 30 heavy (non-hydrogen) atoms. The summed E-state index contributed by atoms with van der Waals surface area (Å²) in [7, 11) is 1.77. The third kappa shape index (κ3) is 4.91. The summed E-state index contributed by atoms with van der Waals surface area (Å²) in [5.41, 5.74) is 4.43. The Hall–Kier alpha value is -3.06. The van der Waals surface area contributed by atoms with Crippen molar-refractivity contribution in [1.29, 1.82) is 0 Å². The zero-order chi connectivity index (χ0) is 20.8. The number of benzene rings is 2. The number of ether oxygens (including phenoxy) is 1. The molecule has 0 saturated carbocycles. The Bertz CT molecular complexity index is 993. The number of H-pyrrole nitrogens is 1. The largest absolute Gasteiger partial charge is 0.378 e. The molecule has 1 aromatic heterocycles. The number of nitrogens with one attached hydrogen (secondary N) is 3. The van der Waals surface area contributed by atoms with Crippen LogP contribution in [0.1, 0.15) is 11.1 Å². The SMILES string of the molecule is CN=C(NCCc1c[nH]c2cc(F)ccc12)NCc1ccc(N2CCOCC2)cc1. The van der Waals surface area contributed by atoms with Gasteiger partial charge in [0.15, 0.2) is 5.96 Å². The minimum absolute atomic E-state index is 0.225. The average Bonchev–Trinajstić information content (AvgIpc) is 3.19. The molecule has 4 rings (SSSR count). The van der Waals surface area contributed by atoms with Gasteiger partial charge in [-0.2, -0.15) is 0 Å². The van der Waals surface area contributed by atoms with Crippen molar-refractivity contribution >= 4 is 22.5 Å². The number of anilines is 1. The maximum absolute atomic E-state index is 13.3. The van der Waals surface area contributed by atoms with Gasteiger partial charge in [0.1, 0.15) is 5.82 Å². The molecule has 1 saturated heterocycles. The second-order valence-electron chi connectivity index (χ2n) is 7.37. The summed E-state index contributed by atoms with van der Waals surface area (Å²) >= 11 is 0. The van der Waals surface area contributed by atoms with Gasteiger partial charge in [-0.25, -0.2) is 4.39 Å². The third-order valence-electron chi connectivity index (χ3n) is 5.41. The van der Waals surface area contributed by atoms with Gasteiger partial charge in [-0.3, -0.25) is 4.99 Å². The maximum atomic E-state index is 13.3. The smallest absolute Gasteiger partial charge is 0.191 e. The zero-order valence-corrected chi connectivity index (χ0v) is 17.2. The molecule has 0 bridgehead atoms. The molecule has 3 N–H and O–H groups in total. The molecule has 0 aliphatic carbocycles. The summed E-state index contributed by atoms with van der Waals surface area (Å²) in [6.45, 7) is 4.91. The molecular formula is C23H28FN5O. The van der Waals surface area contributed by atoms with Crippen molar-refractivity contribution in [1.82, 2.24) is 15.6 Å². The highest BCUT2D eigenvalue weighted by Crippen LogP contribution is 2.19. The molecule has 1 fully saturated rings. The lowest BCUT2D eigenvalue weighted by atomic mass is 10.1. The maximum Gasteiger partial charge on any atom is 0.191 e. The normalized spacial score (nSPS) is 14.9. The van der Waals surface area contributed by atoms with Crippen LogP contribution in [0.3, 0.4) is 0 Å². The monoisotopic (exact) mass is 409 g/mol. The summed E-state index contributed by atoms with van der Waals surface area (Å²) < 4.78 is 18.7. The van der Waals surface area contributed by atoms with Crippen LogP contribution in [0.4, 0.5) is 10.1 Å². The first-order chi connectivity index (χ1) is 14.7. The Balaban J connectivity index is 1.25. The number of aromatic nitrogens is 1. The first-order valence-corrected chi connectivity index (χ1v) is 10.3. The first-order valence-electron chi connectivity index (χ1n) is 10.3. The van der Waals surface area contributed by atoms with Crippen molar-refractivity contribution in [3.05, 3.63) is 65.6 Å². The summed E-state index contributed by atoms with van der Waals surface area (Å²) in [5, 5.41) is 7.76. The molecule has 2 heterocycles. The van der Waals surface area contributed by atoms with Crippen LogP contribution in [-0.2, 0) is 17.7 Å². The van der Waals surface area contributed by atoms with Crippen LogP contribution in [0.2, 0.25) is 0 Å². The predicted octanol–water partition coefficient (Wildman–Crippen LogP) is 3.05. The number of rotatable bonds is 6. The van der Waals surface area contributed by atoms with E-state index in [0.29, 0.717) is 6.54 Å². The molecular weight excluding hydrogens is 381 g/mol. The fraction of sp³-hybridized carbons (Fsp3) is 0.348. The van der Waals surface area contributed by atoms with Crippen molar-refractivity contribution in [3.63, 3.8) is 0 Å². The van der Waals surface area contributed by atoms with Gasteiger partial charge >= 0.3 is 0 Å². The number of hydrogen-bond donors (Lipinski definition) is 3. The average molecular weight is 410 g/mol. The minimum atomic E-state index is -0.225. The molecule has 0 amide bonds. The molecule has 1 aliphatic rings. The number of fused-ring (bicyclic) bond motifs is 1. The van der Waals surface area contributed by atoms with E-state index < -0.39 is 0 Å². The van der Waals surface area contributed by atoms with Crippen molar-refractivity contribution in [2.24, 2.45) is 4.99 Å². The Morgan fingerprint density at radius 2 is 1.93 bits per heavy atom. The summed E-state index contributed by atoms with van der Waals surface area (Å²) in [6.07, 6.45) is 2.76. The predicted molar refractivity (Wildman–Crippen MR) is 120 cm³/mol. The van der Waals surface area contributed by atoms with E-state index in [9.17, 15) is 4.39 Å². The topological polar surface area (TPSA) is 64.7 Å². The lowest BCUT2D eigenvalue weighted by molar-refractivity contribution is 0.122. The molecule has 3 aromatic rings. The van der Waals surface area contributed by atoms with E-state index in [0.717, 1.165) is 61.7 Å². The summed E-state index contributed by atoms with van der Waals surface area (Å²) in [6, 6.07) is 13.5. The van der Waals surface area contributed by atoms with Gasteiger partial charge in [0.25, 0.3) is 0 Å². The molecule has 1 aliphatic heterocycles. The summed E-state index contributed by atoms with van der Waals surface area (Å²) in [4.78, 5) is 9.78. The number of aromatic amines is 1. The Morgan fingerprint density at radius 3 is 2.70 bits per heavy atom. The lowest BCUT2D eigenvalue weighted by Gasteiger charge is -2.28. The first kappa shape index (κ1) is 20.2. The van der Waals surface area contributed by atoms with Crippen LogP contribution in [0.15, 0.2) is 53.7 Å². The highest BCUT2D eigenvalue weighted by Gasteiger charge is 2.11. The van der Waals surface area contributed by atoms with Gasteiger partial charge in [0.2, 0.25) is 0 Å². The number of morpholine rings is 1. The standard InChI is InChI=1S/C23H28FN5O/c1-25-23(26-9-8-18-16-27-22-14-19(24)4-7-21(18)22)28-15-17-2-5-20(6-3-17)29-10-12-30-13-11-29/h2-7,14,16,27H,8-13,15H2,1H3,(H2,25,26,28). The number of guanidine groups is 1. The number of nitrogens with zero attached hydrogens (tertiary/aromatic N) is 2. The molecule has 158 valence electrons. The van der Waals surface area contributed by atoms with E-state index in [4.69, 9.17) is 4.74 Å². The van der Waals surface area contributed by atoms with Crippen LogP contribution in [0.5, 0.6) is 0 Å². The minimum Gasteiger partial charge on any atom is -0.378 e. The van der Waals surface area contributed by atoms with E-state index in [1.165, 1.54) is 23.4 Å². The third-order valence-corrected chi connectivity index (χ3v) is 5.41. The Morgan fingerprint density at radius 1 is 1.13 bits per heavy atom. The molecule has 0 unspecified atom stereocenters. The number of hydrogen-bond acceptors (Lipinski definition) is 3. The lowest BCUT2D eigenvalue weighted by Crippen LogP contribution is -2.38. The van der Waals surface area contributed by atoms with Crippen LogP contribution in [0.25, 0.3) is 10.9 Å². The van der Waals surface area contributed by atoms with Gasteiger partial charge in [0.05, 0.1) is 13.2 Å². The van der Waals surface area contributed by atoms with E-state index in [2.05, 4.69) is 49.8 Å². The van der Waals surface area contributed by atoms with Gasteiger partial charge in [-0.05, 0) is 47.9 Å². The number of aliphatic imine (C=N–C) groups is 1. The summed E-state index contributed by atoms with van der Waals surface area (Å²) in [5.74, 6) is 0.537. The quantitative estimate of drug-likeness (QED) is 0.433. The zero-order valence-electron chi connectivity index (χ0n) is 17.2. The van der Waals surface area contributed by atoms with Crippen molar-refractivity contribution < 1.29 is 9.13 Å². The fourth-order valence-electron chi connectivity index (χ4n) is 3.73. The number of halogens is 1. The van der Waals surface area contributed by atoms with Crippen LogP contribution < -0.4 is 15.5 Å². The van der Waals surface area contributed by atoms with Gasteiger partial charge in [-0.1, -0.05) is 12.1 Å². The highest BCUT2D eigenvalue weighted by atomic mass is 19.1. The second kappa shape index (κ2) is 9.63. The van der Waals surface area contributed by atoms with Gasteiger partial charge < -0.3 is 25.3 Å². The molecule has 7 heteroatoms. The fourth-order valence-corrected chi connectivity index (χ4v) is 3.73. The Labute approximate surface area is 176 Å². The van der Waals surface area contributed by atoms with E-state index in [1.54, 1.807) is 7.05 Å². The Kier molecular flexibility index (Phi) is 6.49. The molecule has 0 radical (unpaired) electrons. The van der Waals surface area contributed by atoms with Crippen LogP contribution in [0, 0.1) is 5.82 Å². The molecule has 6 nitrogen and oxygen atoms in total. The second-order valence-corrected chi connectivity index (χ2v) is 7.37. The van der Waals surface area contributed by atoms with Crippen molar-refractivity contribution in [2.75, 3.05) is 44.8 Å². The van der Waals surface area contributed by atoms with Crippen LogP contribution in [-0.4, -0.2) is 50.8 Å². The highest BCUT2D eigenvalue weighted by molar-refractivity contribution is 5.83. The van der Waals surface area contributed by atoms with E-state index in [-0.39, 0.29) is 5.82 Å². The van der Waals surface area contributed by atoms with Crippen molar-refractivity contribution in [2.45, 2.75) is 13.0 Å². The van der Waals surface area contributed by atoms with Gasteiger partial charge in [0, 0.05) is 56.0 Å².